The van der Waals surface area contributed by atoms with E-state index < -0.39 is 0 Å². The summed E-state index contributed by atoms with van der Waals surface area (Å²) in [6.07, 6.45) is 8.98. The van der Waals surface area contributed by atoms with Gasteiger partial charge in [0.25, 0.3) is 0 Å². The highest BCUT2D eigenvalue weighted by Crippen LogP contribution is 2.24. The summed E-state index contributed by atoms with van der Waals surface area (Å²) in [7, 11) is 0. The molecule has 17 heavy (non-hydrogen) atoms. The van der Waals surface area contributed by atoms with Gasteiger partial charge >= 0.3 is 0 Å². The maximum Gasteiger partial charge on any atom is 0.0431 e. The Hall–Kier alpha value is -0.0800. The second-order valence-corrected chi connectivity index (χ2v) is 5.91. The molecule has 1 atom stereocenters. The van der Waals surface area contributed by atoms with E-state index in [9.17, 15) is 0 Å². The van der Waals surface area contributed by atoms with Crippen LogP contribution in [0.2, 0.25) is 0 Å². The summed E-state index contributed by atoms with van der Waals surface area (Å²) in [6.45, 7) is 8.99. The monoisotopic (exact) mass is 241 g/mol. The normalized spacial score (nSPS) is 22.9. The summed E-state index contributed by atoms with van der Waals surface area (Å²) in [5, 5.41) is 8.72. The van der Waals surface area contributed by atoms with Gasteiger partial charge in [-0.25, -0.2) is 0 Å². The van der Waals surface area contributed by atoms with E-state index in [1.165, 1.54) is 58.2 Å². The maximum absolute atomic E-state index is 8.72. The van der Waals surface area contributed by atoms with Gasteiger partial charge < -0.3 is 10.0 Å². The van der Waals surface area contributed by atoms with E-state index in [0.29, 0.717) is 6.61 Å². The molecular weight excluding hydrogens is 210 g/mol. The largest absolute Gasteiger partial charge is 0.396 e. The van der Waals surface area contributed by atoms with Crippen molar-refractivity contribution >= 4 is 0 Å². The van der Waals surface area contributed by atoms with E-state index in [1.54, 1.807) is 0 Å². The van der Waals surface area contributed by atoms with Crippen molar-refractivity contribution in [2.24, 2.45) is 11.8 Å². The zero-order valence-electron chi connectivity index (χ0n) is 11.8. The lowest BCUT2D eigenvalue weighted by molar-refractivity contribution is 0.259. The first-order chi connectivity index (χ1) is 8.24. The van der Waals surface area contributed by atoms with E-state index >= 15 is 0 Å². The molecule has 0 radical (unpaired) electrons. The first-order valence-corrected chi connectivity index (χ1v) is 7.57. The smallest absolute Gasteiger partial charge is 0.0431 e. The highest BCUT2D eigenvalue weighted by Gasteiger charge is 2.18. The van der Waals surface area contributed by atoms with Crippen LogP contribution in [0.4, 0.5) is 0 Å². The lowest BCUT2D eigenvalue weighted by Gasteiger charge is -2.21. The molecule has 0 amide bonds. The average molecular weight is 241 g/mol. The van der Waals surface area contributed by atoms with Gasteiger partial charge in [0.15, 0.2) is 0 Å². The number of rotatable bonds is 7. The van der Waals surface area contributed by atoms with Gasteiger partial charge in [0.2, 0.25) is 0 Å². The van der Waals surface area contributed by atoms with Crippen molar-refractivity contribution in [3.63, 3.8) is 0 Å². The first kappa shape index (κ1) is 15.0. The van der Waals surface area contributed by atoms with Crippen LogP contribution in [-0.4, -0.2) is 36.2 Å². The summed E-state index contributed by atoms with van der Waals surface area (Å²) in [5.41, 5.74) is 0. The molecule has 2 heteroatoms. The summed E-state index contributed by atoms with van der Waals surface area (Å²) in [5.74, 6) is 1.81. The summed E-state index contributed by atoms with van der Waals surface area (Å²) < 4.78 is 0. The Bertz CT molecular complexity index is 182. The minimum atomic E-state index is 0.361. The summed E-state index contributed by atoms with van der Waals surface area (Å²) in [6, 6.07) is 0. The lowest BCUT2D eigenvalue weighted by atomic mass is 9.89. The molecule has 1 aliphatic rings. The average Bonchev–Trinajstić information content (AvgIpc) is 2.54. The van der Waals surface area contributed by atoms with Crippen LogP contribution in [0.3, 0.4) is 0 Å². The fraction of sp³-hybridized carbons (Fsp3) is 1.00. The van der Waals surface area contributed by atoms with Crippen molar-refractivity contribution in [1.29, 1.82) is 0 Å². The van der Waals surface area contributed by atoms with Crippen LogP contribution in [0, 0.1) is 11.8 Å². The molecule has 1 fully saturated rings. The molecule has 1 unspecified atom stereocenters. The molecule has 2 nitrogen and oxygen atoms in total. The molecule has 1 saturated heterocycles. The predicted octanol–water partition coefficient (Wildman–Crippen LogP) is 3.30. The number of aliphatic hydroxyl groups is 1. The third-order valence-electron chi connectivity index (χ3n) is 4.19. The van der Waals surface area contributed by atoms with Gasteiger partial charge in [-0.15, -0.1) is 0 Å². The van der Waals surface area contributed by atoms with Gasteiger partial charge in [0.05, 0.1) is 0 Å². The summed E-state index contributed by atoms with van der Waals surface area (Å²) in [4.78, 5) is 2.65. The van der Waals surface area contributed by atoms with Crippen LogP contribution in [0.1, 0.15) is 58.8 Å². The number of hydrogen-bond donors (Lipinski definition) is 1. The van der Waals surface area contributed by atoms with Crippen molar-refractivity contribution in [2.75, 3.05) is 26.2 Å². The molecule has 1 aliphatic heterocycles. The molecule has 0 aromatic carbocycles. The van der Waals surface area contributed by atoms with Crippen molar-refractivity contribution in [3.8, 4) is 0 Å². The molecule has 0 aromatic rings. The highest BCUT2D eigenvalue weighted by atomic mass is 16.2. The molecule has 0 spiro atoms. The Balaban J connectivity index is 2.09. The molecule has 1 heterocycles. The number of hydrogen-bond acceptors (Lipinski definition) is 2. The van der Waals surface area contributed by atoms with E-state index in [4.69, 9.17) is 5.11 Å². The Kier molecular flexibility index (Phi) is 7.87. The van der Waals surface area contributed by atoms with E-state index in [0.717, 1.165) is 18.3 Å². The first-order valence-electron chi connectivity index (χ1n) is 7.57. The zero-order valence-corrected chi connectivity index (χ0v) is 11.8. The van der Waals surface area contributed by atoms with Gasteiger partial charge in [-0.1, -0.05) is 26.7 Å². The van der Waals surface area contributed by atoms with Crippen molar-refractivity contribution in [2.45, 2.75) is 58.8 Å². The Morgan fingerprint density at radius 1 is 1.06 bits per heavy atom. The molecular formula is C15H31NO. The zero-order chi connectivity index (χ0) is 12.5. The molecule has 1 N–H and O–H groups in total. The van der Waals surface area contributed by atoms with E-state index in [1.807, 2.05) is 0 Å². The number of nitrogens with zero attached hydrogens (tertiary/aromatic N) is 1. The molecule has 0 bridgehead atoms. The molecule has 0 saturated carbocycles. The Labute approximate surface area is 107 Å². The third kappa shape index (κ3) is 6.42. The molecule has 1 rings (SSSR count). The van der Waals surface area contributed by atoms with Gasteiger partial charge in [0, 0.05) is 6.61 Å². The minimum Gasteiger partial charge on any atom is -0.396 e. The van der Waals surface area contributed by atoms with Gasteiger partial charge in [-0.2, -0.15) is 0 Å². The van der Waals surface area contributed by atoms with Crippen LogP contribution in [0.15, 0.2) is 0 Å². The molecule has 0 aliphatic carbocycles. The van der Waals surface area contributed by atoms with Crippen LogP contribution in [0.5, 0.6) is 0 Å². The Morgan fingerprint density at radius 3 is 2.53 bits per heavy atom. The number of unbranched alkanes of at least 4 members (excludes halogenated alkanes) is 3. The number of likely N-dealkylation sites (tertiary alicyclic amines) is 1. The topological polar surface area (TPSA) is 23.5 Å². The second kappa shape index (κ2) is 8.93. The third-order valence-corrected chi connectivity index (χ3v) is 4.19. The minimum absolute atomic E-state index is 0.361. The van der Waals surface area contributed by atoms with Crippen molar-refractivity contribution in [3.05, 3.63) is 0 Å². The standard InChI is InChI=1S/C15H31NO/c1-14(2)15-8-7-11-16(12-9-15)10-5-3-4-6-13-17/h14-15,17H,3-13H2,1-2H3. The van der Waals surface area contributed by atoms with Crippen LogP contribution < -0.4 is 0 Å². The van der Waals surface area contributed by atoms with Crippen LogP contribution in [0.25, 0.3) is 0 Å². The predicted molar refractivity (Wildman–Crippen MR) is 74.2 cm³/mol. The molecule has 0 aromatic heterocycles. The maximum atomic E-state index is 8.72. The highest BCUT2D eigenvalue weighted by molar-refractivity contribution is 4.72. The number of aliphatic hydroxyl groups excluding tert-OH is 1. The second-order valence-electron chi connectivity index (χ2n) is 5.91. The van der Waals surface area contributed by atoms with Crippen molar-refractivity contribution < 1.29 is 5.11 Å². The van der Waals surface area contributed by atoms with Gasteiger partial charge in [0.1, 0.15) is 0 Å². The Morgan fingerprint density at radius 2 is 1.82 bits per heavy atom. The fourth-order valence-electron chi connectivity index (χ4n) is 2.87. The summed E-state index contributed by atoms with van der Waals surface area (Å²) >= 11 is 0. The van der Waals surface area contributed by atoms with Gasteiger partial charge in [-0.3, -0.25) is 0 Å². The SMILES string of the molecule is CC(C)C1CCCN(CCCCCCO)CC1. The van der Waals surface area contributed by atoms with Crippen LogP contribution >= 0.6 is 0 Å². The molecule has 102 valence electrons. The van der Waals surface area contributed by atoms with E-state index in [-0.39, 0.29) is 0 Å². The van der Waals surface area contributed by atoms with Crippen molar-refractivity contribution in [1.82, 2.24) is 4.90 Å². The fourth-order valence-corrected chi connectivity index (χ4v) is 2.87. The van der Waals surface area contributed by atoms with Gasteiger partial charge in [-0.05, 0) is 63.6 Å². The lowest BCUT2D eigenvalue weighted by Crippen LogP contribution is -2.26. The van der Waals surface area contributed by atoms with Crippen LogP contribution in [-0.2, 0) is 0 Å². The quantitative estimate of drug-likeness (QED) is 0.691. The van der Waals surface area contributed by atoms with E-state index in [2.05, 4.69) is 18.7 Å².